The SMILES string of the molecule is O=S(=O)(NS(=O)(=O)c1c(F)c(F)cc(F)c1F)c1c(F)c(F)cc(F)c1F. The molecule has 0 atom stereocenters. The monoisotopic (exact) mass is 441 g/mol. The van der Waals surface area contributed by atoms with Crippen LogP contribution in [0.5, 0.6) is 0 Å². The fourth-order valence-electron chi connectivity index (χ4n) is 1.80. The molecule has 0 fully saturated rings. The summed E-state index contributed by atoms with van der Waals surface area (Å²) in [4.78, 5) is -4.97. The van der Waals surface area contributed by atoms with Crippen LogP contribution in [0.3, 0.4) is 0 Å². The van der Waals surface area contributed by atoms with Crippen LogP contribution in [0.1, 0.15) is 0 Å². The maximum Gasteiger partial charge on any atom is 0.259 e. The Balaban J connectivity index is 2.71. The van der Waals surface area contributed by atoms with Crippen molar-refractivity contribution in [3.8, 4) is 0 Å². The first-order valence-electron chi connectivity index (χ1n) is 6.15. The molecule has 27 heavy (non-hydrogen) atoms. The quantitative estimate of drug-likeness (QED) is 0.584. The summed E-state index contributed by atoms with van der Waals surface area (Å²) in [5.74, 6) is -19.3. The van der Waals surface area contributed by atoms with E-state index in [2.05, 4.69) is 0 Å². The summed E-state index contributed by atoms with van der Waals surface area (Å²) in [6.07, 6.45) is 0. The summed E-state index contributed by atoms with van der Waals surface area (Å²) < 4.78 is 154. The number of benzene rings is 2. The van der Waals surface area contributed by atoms with Gasteiger partial charge in [0.2, 0.25) is 0 Å². The Bertz CT molecular complexity index is 1020. The Kier molecular flexibility index (Phi) is 5.24. The first-order valence-corrected chi connectivity index (χ1v) is 9.12. The zero-order valence-electron chi connectivity index (χ0n) is 12.1. The van der Waals surface area contributed by atoms with Gasteiger partial charge in [0.15, 0.2) is 56.3 Å². The van der Waals surface area contributed by atoms with Crippen LogP contribution in [0.2, 0.25) is 0 Å². The van der Waals surface area contributed by atoms with Crippen LogP contribution in [-0.2, 0) is 20.0 Å². The van der Waals surface area contributed by atoms with Crippen LogP contribution < -0.4 is 4.13 Å². The lowest BCUT2D eigenvalue weighted by Crippen LogP contribution is -2.34. The van der Waals surface area contributed by atoms with Crippen LogP contribution in [0.25, 0.3) is 0 Å². The zero-order chi connectivity index (χ0) is 20.9. The maximum absolute atomic E-state index is 13.5. The number of hydrogen-bond acceptors (Lipinski definition) is 4. The highest BCUT2D eigenvalue weighted by atomic mass is 32.3. The molecular weight excluding hydrogens is 438 g/mol. The average Bonchev–Trinajstić information content (AvgIpc) is 2.50. The third-order valence-electron chi connectivity index (χ3n) is 2.90. The van der Waals surface area contributed by atoms with Crippen molar-refractivity contribution < 1.29 is 52.0 Å². The van der Waals surface area contributed by atoms with Crippen molar-refractivity contribution in [3.63, 3.8) is 0 Å². The molecule has 2 aromatic carbocycles. The second kappa shape index (κ2) is 6.72. The van der Waals surface area contributed by atoms with E-state index in [1.165, 1.54) is 0 Å². The Morgan fingerprint density at radius 2 is 0.741 bits per heavy atom. The highest BCUT2D eigenvalue weighted by Gasteiger charge is 2.37. The van der Waals surface area contributed by atoms with Crippen LogP contribution in [-0.4, -0.2) is 16.8 Å². The molecule has 0 heterocycles. The van der Waals surface area contributed by atoms with Gasteiger partial charge in [-0.15, -0.1) is 4.13 Å². The van der Waals surface area contributed by atoms with Gasteiger partial charge in [0.05, 0.1) is 0 Å². The van der Waals surface area contributed by atoms with E-state index in [1.54, 1.807) is 0 Å². The third-order valence-corrected chi connectivity index (χ3v) is 6.45. The van der Waals surface area contributed by atoms with Gasteiger partial charge in [0.25, 0.3) is 20.0 Å². The smallest absolute Gasteiger partial charge is 0.206 e. The standard InChI is InChI=1S/C12H3F8NO4S2/c13-3-1-4(14)8(18)11(7(3)17)26(22,23)21-27(24,25)12-9(19)5(15)2-6(16)10(12)20/h1-2,21H. The highest BCUT2D eigenvalue weighted by molar-refractivity contribution is 8.04. The van der Waals surface area contributed by atoms with Crippen molar-refractivity contribution in [1.82, 2.24) is 4.13 Å². The molecule has 148 valence electrons. The number of hydrogen-bond donors (Lipinski definition) is 1. The molecule has 0 unspecified atom stereocenters. The predicted molar refractivity (Wildman–Crippen MR) is 70.1 cm³/mol. The van der Waals surface area contributed by atoms with Gasteiger partial charge in [-0.2, -0.15) is 0 Å². The van der Waals surface area contributed by atoms with E-state index in [0.29, 0.717) is 4.13 Å². The summed E-state index contributed by atoms with van der Waals surface area (Å²) in [5, 5.41) is 0. The van der Waals surface area contributed by atoms with Gasteiger partial charge in [0, 0.05) is 12.1 Å². The van der Waals surface area contributed by atoms with Crippen molar-refractivity contribution in [3.05, 3.63) is 58.7 Å². The van der Waals surface area contributed by atoms with Crippen LogP contribution in [0, 0.1) is 46.5 Å². The molecule has 0 bridgehead atoms. The highest BCUT2D eigenvalue weighted by Crippen LogP contribution is 2.27. The van der Waals surface area contributed by atoms with E-state index >= 15 is 0 Å². The fourth-order valence-corrected chi connectivity index (χ4v) is 4.96. The normalized spacial score (nSPS) is 12.4. The molecule has 5 nitrogen and oxygen atoms in total. The molecule has 0 aliphatic heterocycles. The third kappa shape index (κ3) is 3.61. The molecule has 0 radical (unpaired) electrons. The van der Waals surface area contributed by atoms with Gasteiger partial charge in [-0.1, -0.05) is 0 Å². The van der Waals surface area contributed by atoms with Crippen LogP contribution >= 0.6 is 0 Å². The molecule has 2 aromatic rings. The van der Waals surface area contributed by atoms with Crippen molar-refractivity contribution in [2.45, 2.75) is 9.79 Å². The van der Waals surface area contributed by atoms with Gasteiger partial charge >= 0.3 is 0 Å². The Morgan fingerprint density at radius 1 is 0.519 bits per heavy atom. The first kappa shape index (κ1) is 21.0. The van der Waals surface area contributed by atoms with Gasteiger partial charge in [-0.05, 0) is 0 Å². The van der Waals surface area contributed by atoms with E-state index in [9.17, 15) is 52.0 Å². The molecule has 0 saturated carbocycles. The average molecular weight is 441 g/mol. The van der Waals surface area contributed by atoms with Crippen molar-refractivity contribution in [1.29, 1.82) is 0 Å². The minimum Gasteiger partial charge on any atom is -0.206 e. The summed E-state index contributed by atoms with van der Waals surface area (Å²) in [6, 6.07) is -0.807. The van der Waals surface area contributed by atoms with Gasteiger partial charge in [-0.25, -0.2) is 52.0 Å². The second-order valence-electron chi connectivity index (χ2n) is 4.68. The predicted octanol–water partition coefficient (Wildman–Crippen LogP) is 2.47. The van der Waals surface area contributed by atoms with Crippen molar-refractivity contribution >= 4 is 20.0 Å². The van der Waals surface area contributed by atoms with E-state index < -0.39 is 88.5 Å². The largest absolute Gasteiger partial charge is 0.259 e. The van der Waals surface area contributed by atoms with Gasteiger partial charge < -0.3 is 0 Å². The topological polar surface area (TPSA) is 80.3 Å². The summed E-state index contributed by atoms with van der Waals surface area (Å²) in [6.45, 7) is 0. The number of halogens is 8. The van der Waals surface area contributed by atoms with Crippen molar-refractivity contribution in [2.75, 3.05) is 0 Å². The molecule has 2 rings (SSSR count). The molecule has 0 amide bonds. The maximum atomic E-state index is 13.5. The fraction of sp³-hybridized carbons (Fsp3) is 0. The van der Waals surface area contributed by atoms with Gasteiger partial charge in [-0.3, -0.25) is 0 Å². The van der Waals surface area contributed by atoms with E-state index in [0.717, 1.165) is 0 Å². The molecule has 0 spiro atoms. The molecule has 0 aliphatic carbocycles. The Labute approximate surface area is 145 Å². The van der Waals surface area contributed by atoms with Crippen LogP contribution in [0.4, 0.5) is 35.1 Å². The lowest BCUT2D eigenvalue weighted by Gasteiger charge is -2.12. The summed E-state index contributed by atoms with van der Waals surface area (Å²) in [5.41, 5.74) is 0. The summed E-state index contributed by atoms with van der Waals surface area (Å²) >= 11 is 0. The molecular formula is C12H3F8NO4S2. The summed E-state index contributed by atoms with van der Waals surface area (Å²) in [7, 11) is -12.2. The second-order valence-corrected chi connectivity index (χ2v) is 8.18. The Hall–Kier alpha value is -2.26. The Morgan fingerprint density at radius 3 is 0.963 bits per heavy atom. The lowest BCUT2D eigenvalue weighted by molar-refractivity contribution is 0.416. The molecule has 1 N–H and O–H groups in total. The number of rotatable bonds is 4. The van der Waals surface area contributed by atoms with E-state index in [4.69, 9.17) is 0 Å². The zero-order valence-corrected chi connectivity index (χ0v) is 13.8. The van der Waals surface area contributed by atoms with Crippen molar-refractivity contribution in [2.24, 2.45) is 0 Å². The van der Waals surface area contributed by atoms with E-state index in [1.807, 2.05) is 0 Å². The lowest BCUT2D eigenvalue weighted by atomic mass is 10.3. The molecule has 0 saturated heterocycles. The minimum absolute atomic E-state index is 0.355. The number of sulfonamides is 2. The first-order chi connectivity index (χ1) is 12.2. The minimum atomic E-state index is -6.08. The molecule has 15 heteroatoms. The van der Waals surface area contributed by atoms with E-state index in [-0.39, 0.29) is 0 Å². The molecule has 0 aliphatic rings. The van der Waals surface area contributed by atoms with Gasteiger partial charge in [0.1, 0.15) is 0 Å². The number of nitrogens with one attached hydrogen (secondary N) is 1. The molecule has 0 aromatic heterocycles. The van der Waals surface area contributed by atoms with Crippen LogP contribution in [0.15, 0.2) is 21.9 Å².